The molecule has 0 aliphatic rings. The van der Waals surface area contributed by atoms with Crippen molar-refractivity contribution >= 4 is 46.4 Å². The molecule has 0 aliphatic heterocycles. The van der Waals surface area contributed by atoms with Gasteiger partial charge in [0.1, 0.15) is 6.07 Å². The van der Waals surface area contributed by atoms with Crippen molar-refractivity contribution < 1.29 is 9.59 Å². The van der Waals surface area contributed by atoms with Gasteiger partial charge in [-0.1, -0.05) is 35.3 Å². The second kappa shape index (κ2) is 8.52. The molecule has 0 saturated carbocycles. The smallest absolute Gasteiger partial charge is 0.226 e. The molecule has 0 unspecified atom stereocenters. The van der Waals surface area contributed by atoms with Crippen LogP contribution in [0, 0.1) is 11.3 Å². The van der Waals surface area contributed by atoms with Crippen LogP contribution in [0.4, 0.5) is 11.4 Å². The van der Waals surface area contributed by atoms with E-state index < -0.39 is 0 Å². The Bertz CT molecular complexity index is 846. The number of carbonyl (C=O) groups is 2. The number of carbonyl (C=O) groups excluding carboxylic acids is 2. The van der Waals surface area contributed by atoms with Gasteiger partial charge in [-0.2, -0.15) is 5.26 Å². The maximum absolute atomic E-state index is 12.2. The Morgan fingerprint density at radius 3 is 2.56 bits per heavy atom. The SMILES string of the molecule is CC(=O)N(CCC(=O)Nc1ccc(Cl)cc1Cl)c1ccccc1C#N. The Labute approximate surface area is 155 Å². The highest BCUT2D eigenvalue weighted by Gasteiger charge is 2.17. The largest absolute Gasteiger partial charge is 0.325 e. The second-order valence-electron chi connectivity index (χ2n) is 5.22. The highest BCUT2D eigenvalue weighted by atomic mass is 35.5. The second-order valence-corrected chi connectivity index (χ2v) is 6.07. The van der Waals surface area contributed by atoms with Crippen LogP contribution in [0.1, 0.15) is 18.9 Å². The molecule has 2 aromatic carbocycles. The fourth-order valence-electron chi connectivity index (χ4n) is 2.27. The molecule has 0 bridgehead atoms. The quantitative estimate of drug-likeness (QED) is 0.848. The predicted molar refractivity (Wildman–Crippen MR) is 98.9 cm³/mol. The van der Waals surface area contributed by atoms with Crippen molar-refractivity contribution in [3.8, 4) is 6.07 Å². The van der Waals surface area contributed by atoms with Gasteiger partial charge < -0.3 is 10.2 Å². The molecule has 1 N–H and O–H groups in total. The molecule has 0 radical (unpaired) electrons. The molecule has 25 heavy (non-hydrogen) atoms. The van der Waals surface area contributed by atoms with Gasteiger partial charge in [-0.15, -0.1) is 0 Å². The lowest BCUT2D eigenvalue weighted by Crippen LogP contribution is -2.32. The fourth-order valence-corrected chi connectivity index (χ4v) is 2.72. The Hall–Kier alpha value is -2.55. The van der Waals surface area contributed by atoms with Crippen molar-refractivity contribution in [1.29, 1.82) is 5.26 Å². The highest BCUT2D eigenvalue weighted by Crippen LogP contribution is 2.25. The van der Waals surface area contributed by atoms with Crippen LogP contribution in [0.2, 0.25) is 10.0 Å². The molecule has 0 aliphatic carbocycles. The first-order valence-electron chi connectivity index (χ1n) is 7.44. The van der Waals surface area contributed by atoms with Gasteiger partial charge in [-0.25, -0.2) is 0 Å². The molecule has 2 amide bonds. The van der Waals surface area contributed by atoms with Gasteiger partial charge >= 0.3 is 0 Å². The van der Waals surface area contributed by atoms with E-state index in [9.17, 15) is 14.9 Å². The molecule has 128 valence electrons. The van der Waals surface area contributed by atoms with Crippen LogP contribution in [0.25, 0.3) is 0 Å². The topological polar surface area (TPSA) is 73.2 Å². The van der Waals surface area contributed by atoms with E-state index in [4.69, 9.17) is 23.2 Å². The molecule has 2 rings (SSSR count). The number of nitrogens with one attached hydrogen (secondary N) is 1. The molecule has 7 heteroatoms. The van der Waals surface area contributed by atoms with Crippen LogP contribution in [0.3, 0.4) is 0 Å². The molecular formula is C18H15Cl2N3O2. The number of halogens is 2. The van der Waals surface area contributed by atoms with Gasteiger partial charge in [0.15, 0.2) is 0 Å². The summed E-state index contributed by atoms with van der Waals surface area (Å²) >= 11 is 11.8. The summed E-state index contributed by atoms with van der Waals surface area (Å²) in [6.45, 7) is 1.53. The first-order valence-corrected chi connectivity index (χ1v) is 8.20. The number of hydrogen-bond acceptors (Lipinski definition) is 3. The number of benzene rings is 2. The van der Waals surface area contributed by atoms with Crippen molar-refractivity contribution in [3.63, 3.8) is 0 Å². The van der Waals surface area contributed by atoms with Crippen LogP contribution in [0.5, 0.6) is 0 Å². The van der Waals surface area contributed by atoms with Crippen molar-refractivity contribution in [3.05, 3.63) is 58.1 Å². The van der Waals surface area contributed by atoms with Crippen LogP contribution < -0.4 is 10.2 Å². The number of amides is 2. The van der Waals surface area contributed by atoms with Crippen LogP contribution in [-0.4, -0.2) is 18.4 Å². The van der Waals surface area contributed by atoms with E-state index in [0.29, 0.717) is 27.0 Å². The maximum Gasteiger partial charge on any atom is 0.226 e. The number of nitrogens with zero attached hydrogens (tertiary/aromatic N) is 2. The standard InChI is InChI=1S/C18H15Cl2N3O2/c1-12(24)23(17-5-3-2-4-13(17)11-21)9-8-18(25)22-16-7-6-14(19)10-15(16)20/h2-7,10H,8-9H2,1H3,(H,22,25). The first-order chi connectivity index (χ1) is 11.9. The van der Waals surface area contributed by atoms with Crippen LogP contribution in [-0.2, 0) is 9.59 Å². The molecule has 5 nitrogen and oxygen atoms in total. The number of para-hydroxylation sites is 1. The van der Waals surface area contributed by atoms with E-state index in [1.165, 1.54) is 17.9 Å². The summed E-state index contributed by atoms with van der Waals surface area (Å²) in [5, 5.41) is 12.7. The van der Waals surface area contributed by atoms with E-state index in [0.717, 1.165) is 0 Å². The first kappa shape index (κ1) is 18.8. The number of hydrogen-bond donors (Lipinski definition) is 1. The van der Waals surface area contributed by atoms with Crippen LogP contribution >= 0.6 is 23.2 Å². The lowest BCUT2D eigenvalue weighted by molar-refractivity contribution is -0.117. The van der Waals surface area contributed by atoms with Gasteiger partial charge in [-0.05, 0) is 30.3 Å². The molecule has 2 aromatic rings. The minimum atomic E-state index is -0.301. The monoisotopic (exact) mass is 375 g/mol. The van der Waals surface area contributed by atoms with Crippen molar-refractivity contribution in [2.75, 3.05) is 16.8 Å². The zero-order valence-electron chi connectivity index (χ0n) is 13.4. The lowest BCUT2D eigenvalue weighted by Gasteiger charge is -2.22. The molecular weight excluding hydrogens is 361 g/mol. The third-order valence-corrected chi connectivity index (χ3v) is 4.01. The number of anilines is 2. The minimum Gasteiger partial charge on any atom is -0.325 e. The molecule has 0 spiro atoms. The van der Waals surface area contributed by atoms with Crippen molar-refractivity contribution in [1.82, 2.24) is 0 Å². The van der Waals surface area contributed by atoms with Gasteiger partial charge in [-0.3, -0.25) is 9.59 Å². The van der Waals surface area contributed by atoms with Gasteiger partial charge in [0.05, 0.1) is 22.0 Å². The van der Waals surface area contributed by atoms with E-state index in [-0.39, 0.29) is 24.8 Å². The average molecular weight is 376 g/mol. The highest BCUT2D eigenvalue weighted by molar-refractivity contribution is 6.36. The van der Waals surface area contributed by atoms with Gasteiger partial charge in [0, 0.05) is 24.9 Å². The summed E-state index contributed by atoms with van der Waals surface area (Å²) in [6.07, 6.45) is 0.0539. The average Bonchev–Trinajstić information content (AvgIpc) is 2.57. The summed E-state index contributed by atoms with van der Waals surface area (Å²) < 4.78 is 0. The summed E-state index contributed by atoms with van der Waals surface area (Å²) in [5.41, 5.74) is 1.30. The number of rotatable bonds is 5. The van der Waals surface area contributed by atoms with E-state index in [1.807, 2.05) is 6.07 Å². The van der Waals surface area contributed by atoms with E-state index in [1.54, 1.807) is 36.4 Å². The van der Waals surface area contributed by atoms with E-state index >= 15 is 0 Å². The summed E-state index contributed by atoms with van der Waals surface area (Å²) in [4.78, 5) is 25.5. The lowest BCUT2D eigenvalue weighted by atomic mass is 10.1. The third kappa shape index (κ3) is 4.96. The van der Waals surface area contributed by atoms with Crippen molar-refractivity contribution in [2.45, 2.75) is 13.3 Å². The van der Waals surface area contributed by atoms with E-state index in [2.05, 4.69) is 5.32 Å². The number of nitriles is 1. The van der Waals surface area contributed by atoms with Crippen molar-refractivity contribution in [2.24, 2.45) is 0 Å². The normalized spacial score (nSPS) is 10.0. The minimum absolute atomic E-state index is 0.0539. The van der Waals surface area contributed by atoms with Crippen LogP contribution in [0.15, 0.2) is 42.5 Å². The molecule has 0 fully saturated rings. The molecule has 0 atom stereocenters. The predicted octanol–water partition coefficient (Wildman–Crippen LogP) is 4.25. The Morgan fingerprint density at radius 2 is 1.92 bits per heavy atom. The molecule has 0 saturated heterocycles. The molecule has 0 aromatic heterocycles. The van der Waals surface area contributed by atoms with Gasteiger partial charge in [0.2, 0.25) is 11.8 Å². The summed E-state index contributed by atoms with van der Waals surface area (Å²) in [5.74, 6) is -0.551. The maximum atomic E-state index is 12.2. The zero-order chi connectivity index (χ0) is 18.4. The fraction of sp³-hybridized carbons (Fsp3) is 0.167. The molecule has 0 heterocycles. The van der Waals surface area contributed by atoms with Gasteiger partial charge in [0.25, 0.3) is 0 Å². The zero-order valence-corrected chi connectivity index (χ0v) is 14.9. The summed E-state index contributed by atoms with van der Waals surface area (Å²) in [7, 11) is 0. The Morgan fingerprint density at radius 1 is 1.20 bits per heavy atom. The summed E-state index contributed by atoms with van der Waals surface area (Å²) in [6, 6.07) is 13.6. The Kier molecular flexibility index (Phi) is 6.40. The Balaban J connectivity index is 2.07. The third-order valence-electron chi connectivity index (χ3n) is 3.46.